The first-order chi connectivity index (χ1) is 10.1. The maximum absolute atomic E-state index is 13.0. The SMILES string of the molecule is CNC(CCN(C)c1ccccc1C)c1ccc(F)cc1. The Morgan fingerprint density at radius 1 is 1.10 bits per heavy atom. The van der Waals surface area contributed by atoms with Crippen LogP contribution in [0.25, 0.3) is 0 Å². The van der Waals surface area contributed by atoms with Gasteiger partial charge in [-0.15, -0.1) is 0 Å². The number of hydrogen-bond acceptors (Lipinski definition) is 2. The molecule has 1 N–H and O–H groups in total. The highest BCUT2D eigenvalue weighted by Gasteiger charge is 2.11. The van der Waals surface area contributed by atoms with Gasteiger partial charge in [0.15, 0.2) is 0 Å². The first-order valence-corrected chi connectivity index (χ1v) is 7.31. The zero-order valence-corrected chi connectivity index (χ0v) is 12.9. The standard InChI is InChI=1S/C18H23FN2/c1-14-6-4-5-7-18(14)21(3)13-12-17(20-2)15-8-10-16(19)11-9-15/h4-11,17,20H,12-13H2,1-3H3. The van der Waals surface area contributed by atoms with E-state index in [-0.39, 0.29) is 11.9 Å². The minimum absolute atomic E-state index is 0.189. The molecule has 112 valence electrons. The van der Waals surface area contributed by atoms with Crippen LogP contribution in [0.5, 0.6) is 0 Å². The monoisotopic (exact) mass is 286 g/mol. The molecule has 3 heteroatoms. The van der Waals surface area contributed by atoms with Crippen LogP contribution in [0.4, 0.5) is 10.1 Å². The summed E-state index contributed by atoms with van der Waals surface area (Å²) in [6.07, 6.45) is 0.965. The molecule has 0 fully saturated rings. The number of hydrogen-bond donors (Lipinski definition) is 1. The maximum Gasteiger partial charge on any atom is 0.123 e. The molecule has 0 amide bonds. The van der Waals surface area contributed by atoms with Gasteiger partial charge in [-0.25, -0.2) is 4.39 Å². The normalized spacial score (nSPS) is 12.2. The first kappa shape index (κ1) is 15.5. The van der Waals surface area contributed by atoms with Crippen LogP contribution in [0.1, 0.15) is 23.6 Å². The van der Waals surface area contributed by atoms with E-state index >= 15 is 0 Å². The van der Waals surface area contributed by atoms with Gasteiger partial charge in [-0.2, -0.15) is 0 Å². The van der Waals surface area contributed by atoms with Gasteiger partial charge in [-0.3, -0.25) is 0 Å². The van der Waals surface area contributed by atoms with Gasteiger partial charge in [0.05, 0.1) is 0 Å². The molecule has 21 heavy (non-hydrogen) atoms. The molecule has 0 aliphatic rings. The quantitative estimate of drug-likeness (QED) is 0.866. The molecule has 1 unspecified atom stereocenters. The predicted molar refractivity (Wildman–Crippen MR) is 87.3 cm³/mol. The molecule has 2 rings (SSSR count). The molecule has 0 aliphatic carbocycles. The number of benzene rings is 2. The third-order valence-electron chi connectivity index (χ3n) is 3.90. The summed E-state index contributed by atoms with van der Waals surface area (Å²) in [7, 11) is 4.06. The minimum atomic E-state index is -0.189. The zero-order valence-electron chi connectivity index (χ0n) is 12.9. The fourth-order valence-electron chi connectivity index (χ4n) is 2.61. The molecule has 2 aromatic rings. The molecule has 0 aromatic heterocycles. The Kier molecular flexibility index (Phi) is 5.34. The van der Waals surface area contributed by atoms with E-state index in [4.69, 9.17) is 0 Å². The third kappa shape index (κ3) is 4.05. The molecule has 0 saturated carbocycles. The summed E-state index contributed by atoms with van der Waals surface area (Å²) < 4.78 is 13.0. The van der Waals surface area contributed by atoms with Crippen LogP contribution in [0.15, 0.2) is 48.5 Å². The molecule has 0 bridgehead atoms. The van der Waals surface area contributed by atoms with Crippen molar-refractivity contribution in [3.63, 3.8) is 0 Å². The highest BCUT2D eigenvalue weighted by molar-refractivity contribution is 5.52. The summed E-state index contributed by atoms with van der Waals surface area (Å²) in [4.78, 5) is 2.27. The second-order valence-corrected chi connectivity index (χ2v) is 5.39. The molecule has 2 aromatic carbocycles. The molecule has 0 aliphatic heterocycles. The van der Waals surface area contributed by atoms with Crippen LogP contribution >= 0.6 is 0 Å². The highest BCUT2D eigenvalue weighted by atomic mass is 19.1. The number of para-hydroxylation sites is 1. The molecule has 0 radical (unpaired) electrons. The molecule has 0 saturated heterocycles. The summed E-state index contributed by atoms with van der Waals surface area (Å²) in [5.41, 5.74) is 3.66. The van der Waals surface area contributed by atoms with E-state index in [2.05, 4.69) is 48.5 Å². The number of rotatable bonds is 6. The fourth-order valence-corrected chi connectivity index (χ4v) is 2.61. The van der Waals surface area contributed by atoms with Crippen molar-refractivity contribution in [2.45, 2.75) is 19.4 Å². The average Bonchev–Trinajstić information content (AvgIpc) is 2.49. The zero-order chi connectivity index (χ0) is 15.2. The Hall–Kier alpha value is -1.87. The van der Waals surface area contributed by atoms with Gasteiger partial charge in [0, 0.05) is 25.3 Å². The van der Waals surface area contributed by atoms with Crippen LogP contribution in [-0.2, 0) is 0 Å². The summed E-state index contributed by atoms with van der Waals surface area (Å²) in [6, 6.07) is 15.4. The van der Waals surface area contributed by atoms with Gasteiger partial charge in [0.1, 0.15) is 5.82 Å². The fraction of sp³-hybridized carbons (Fsp3) is 0.333. The topological polar surface area (TPSA) is 15.3 Å². The lowest BCUT2D eigenvalue weighted by atomic mass is 10.0. The lowest BCUT2D eigenvalue weighted by Crippen LogP contribution is -2.25. The van der Waals surface area contributed by atoms with Crippen LogP contribution in [0.3, 0.4) is 0 Å². The molecular formula is C18H23FN2. The average molecular weight is 286 g/mol. The second kappa shape index (κ2) is 7.23. The Morgan fingerprint density at radius 3 is 2.38 bits per heavy atom. The minimum Gasteiger partial charge on any atom is -0.374 e. The van der Waals surface area contributed by atoms with E-state index < -0.39 is 0 Å². The van der Waals surface area contributed by atoms with Crippen molar-refractivity contribution in [3.05, 3.63) is 65.5 Å². The summed E-state index contributed by atoms with van der Waals surface area (Å²) in [5, 5.41) is 3.31. The van der Waals surface area contributed by atoms with Crippen molar-refractivity contribution in [2.24, 2.45) is 0 Å². The van der Waals surface area contributed by atoms with Gasteiger partial charge in [0.2, 0.25) is 0 Å². The maximum atomic E-state index is 13.0. The van der Waals surface area contributed by atoms with Crippen molar-refractivity contribution >= 4 is 5.69 Å². The van der Waals surface area contributed by atoms with Crippen LogP contribution in [0.2, 0.25) is 0 Å². The lowest BCUT2D eigenvalue weighted by Gasteiger charge is -2.24. The third-order valence-corrected chi connectivity index (χ3v) is 3.90. The number of halogens is 1. The van der Waals surface area contributed by atoms with Crippen molar-refractivity contribution in [2.75, 3.05) is 25.5 Å². The predicted octanol–water partition coefficient (Wildman–Crippen LogP) is 3.92. The molecule has 0 spiro atoms. The Labute approximate surface area is 126 Å². The van der Waals surface area contributed by atoms with Crippen molar-refractivity contribution in [1.82, 2.24) is 5.32 Å². The summed E-state index contributed by atoms with van der Waals surface area (Å²) in [5.74, 6) is -0.189. The van der Waals surface area contributed by atoms with E-state index in [1.54, 1.807) is 0 Å². The van der Waals surface area contributed by atoms with Crippen molar-refractivity contribution in [1.29, 1.82) is 0 Å². The Morgan fingerprint density at radius 2 is 1.76 bits per heavy atom. The number of anilines is 1. The number of nitrogens with zero attached hydrogens (tertiary/aromatic N) is 1. The largest absolute Gasteiger partial charge is 0.374 e. The Bertz CT molecular complexity index is 566. The van der Waals surface area contributed by atoms with E-state index in [9.17, 15) is 4.39 Å². The van der Waals surface area contributed by atoms with Crippen LogP contribution in [-0.4, -0.2) is 20.6 Å². The van der Waals surface area contributed by atoms with Crippen LogP contribution in [0, 0.1) is 12.7 Å². The lowest BCUT2D eigenvalue weighted by molar-refractivity contribution is 0.547. The van der Waals surface area contributed by atoms with Gasteiger partial charge >= 0.3 is 0 Å². The van der Waals surface area contributed by atoms with E-state index in [1.165, 1.54) is 23.4 Å². The molecule has 2 nitrogen and oxygen atoms in total. The highest BCUT2D eigenvalue weighted by Crippen LogP contribution is 2.21. The first-order valence-electron chi connectivity index (χ1n) is 7.31. The van der Waals surface area contributed by atoms with Gasteiger partial charge in [-0.05, 0) is 49.7 Å². The smallest absolute Gasteiger partial charge is 0.123 e. The van der Waals surface area contributed by atoms with E-state index in [0.717, 1.165) is 18.5 Å². The summed E-state index contributed by atoms with van der Waals surface area (Å²) in [6.45, 7) is 3.06. The number of nitrogens with one attached hydrogen (secondary N) is 1. The van der Waals surface area contributed by atoms with Crippen molar-refractivity contribution in [3.8, 4) is 0 Å². The van der Waals surface area contributed by atoms with E-state index in [0.29, 0.717) is 0 Å². The molecule has 1 atom stereocenters. The molecule has 0 heterocycles. The van der Waals surface area contributed by atoms with Gasteiger partial charge in [-0.1, -0.05) is 30.3 Å². The van der Waals surface area contributed by atoms with Crippen molar-refractivity contribution < 1.29 is 4.39 Å². The van der Waals surface area contributed by atoms with Gasteiger partial charge < -0.3 is 10.2 Å². The van der Waals surface area contributed by atoms with Gasteiger partial charge in [0.25, 0.3) is 0 Å². The Balaban J connectivity index is 2.00. The van der Waals surface area contributed by atoms with Crippen LogP contribution < -0.4 is 10.2 Å². The summed E-state index contributed by atoms with van der Waals surface area (Å²) >= 11 is 0. The van der Waals surface area contributed by atoms with E-state index in [1.807, 2.05) is 19.2 Å². The number of aryl methyl sites for hydroxylation is 1. The molecular weight excluding hydrogens is 263 g/mol. The second-order valence-electron chi connectivity index (χ2n) is 5.39.